The lowest BCUT2D eigenvalue weighted by molar-refractivity contribution is -0.144. The predicted octanol–water partition coefficient (Wildman–Crippen LogP) is 4.45. The first-order chi connectivity index (χ1) is 19.3. The Morgan fingerprint density at radius 3 is 2.27 bits per heavy atom. The van der Waals surface area contributed by atoms with Gasteiger partial charge in [0.15, 0.2) is 34.3 Å². The van der Waals surface area contributed by atoms with Gasteiger partial charge in [-0.2, -0.15) is 0 Å². The maximum atomic E-state index is 12.8. The van der Waals surface area contributed by atoms with Crippen LogP contribution in [0.3, 0.4) is 0 Å². The van der Waals surface area contributed by atoms with Gasteiger partial charge in [-0.1, -0.05) is 12.1 Å². The van der Waals surface area contributed by atoms with Crippen LogP contribution in [0.4, 0.5) is 0 Å². The molecule has 0 bridgehead atoms. The number of hydrogen-bond acceptors (Lipinski definition) is 9. The van der Waals surface area contributed by atoms with E-state index in [4.69, 9.17) is 23.4 Å². The van der Waals surface area contributed by atoms with Crippen molar-refractivity contribution in [3.8, 4) is 40.1 Å². The SMILES string of the molecule is COC(=O)[C@@H](Cc1ccc(O)c(O)c1)NC(=O)/C=C/c1ccc(OC)c2oc(-c3ccc(OC)c(OC)c3)cc12. The van der Waals surface area contributed by atoms with Gasteiger partial charge in [0.05, 0.1) is 28.4 Å². The number of esters is 1. The van der Waals surface area contributed by atoms with Gasteiger partial charge >= 0.3 is 5.97 Å². The zero-order valence-electron chi connectivity index (χ0n) is 22.4. The Kier molecular flexibility index (Phi) is 8.48. The summed E-state index contributed by atoms with van der Waals surface area (Å²) >= 11 is 0. The van der Waals surface area contributed by atoms with Crippen LogP contribution in [0.2, 0.25) is 0 Å². The molecule has 0 radical (unpaired) electrons. The number of fused-ring (bicyclic) bond motifs is 1. The highest BCUT2D eigenvalue weighted by Crippen LogP contribution is 2.38. The van der Waals surface area contributed by atoms with E-state index in [0.29, 0.717) is 45.1 Å². The summed E-state index contributed by atoms with van der Waals surface area (Å²) in [6, 6.07) is 13.9. The third kappa shape index (κ3) is 5.96. The average molecular weight is 548 g/mol. The number of phenols is 2. The van der Waals surface area contributed by atoms with E-state index in [1.165, 1.54) is 38.5 Å². The number of carbonyl (C=O) groups excluding carboxylic acids is 2. The summed E-state index contributed by atoms with van der Waals surface area (Å²) in [5.74, 6) is 0.400. The van der Waals surface area contributed by atoms with Crippen LogP contribution < -0.4 is 19.5 Å². The minimum atomic E-state index is -1.02. The van der Waals surface area contributed by atoms with Gasteiger partial charge in [-0.25, -0.2) is 4.79 Å². The molecule has 0 aliphatic heterocycles. The lowest BCUT2D eigenvalue weighted by atomic mass is 10.0. The quantitative estimate of drug-likeness (QED) is 0.149. The molecule has 10 heteroatoms. The Balaban J connectivity index is 1.60. The number of nitrogens with one attached hydrogen (secondary N) is 1. The molecule has 1 atom stereocenters. The van der Waals surface area contributed by atoms with E-state index in [1.54, 1.807) is 44.6 Å². The number of benzene rings is 3. The molecule has 208 valence electrons. The molecule has 0 aliphatic rings. The fraction of sp³-hybridized carbons (Fsp3) is 0.200. The van der Waals surface area contributed by atoms with Gasteiger partial charge in [-0.05, 0) is 59.7 Å². The van der Waals surface area contributed by atoms with E-state index in [1.807, 2.05) is 12.1 Å². The topological polar surface area (TPSA) is 137 Å². The number of rotatable bonds is 10. The van der Waals surface area contributed by atoms with Gasteiger partial charge in [-0.15, -0.1) is 0 Å². The summed E-state index contributed by atoms with van der Waals surface area (Å²) < 4.78 is 27.2. The van der Waals surface area contributed by atoms with Crippen molar-refractivity contribution in [3.05, 3.63) is 71.8 Å². The molecule has 0 fully saturated rings. The summed E-state index contributed by atoms with van der Waals surface area (Å²) in [5, 5.41) is 22.6. The Labute approximate surface area is 230 Å². The van der Waals surface area contributed by atoms with Crippen LogP contribution in [-0.4, -0.2) is 56.6 Å². The zero-order valence-corrected chi connectivity index (χ0v) is 22.4. The molecule has 0 saturated carbocycles. The number of methoxy groups -OCH3 is 4. The van der Waals surface area contributed by atoms with Crippen LogP contribution >= 0.6 is 0 Å². The smallest absolute Gasteiger partial charge is 0.328 e. The highest BCUT2D eigenvalue weighted by Gasteiger charge is 2.22. The second-order valence-electron chi connectivity index (χ2n) is 8.73. The van der Waals surface area contributed by atoms with Crippen LogP contribution in [0, 0.1) is 0 Å². The Morgan fingerprint density at radius 1 is 0.875 bits per heavy atom. The van der Waals surface area contributed by atoms with Crippen molar-refractivity contribution in [1.29, 1.82) is 0 Å². The summed E-state index contributed by atoms with van der Waals surface area (Å²) in [6.45, 7) is 0. The molecule has 0 spiro atoms. The highest BCUT2D eigenvalue weighted by molar-refractivity contribution is 5.99. The van der Waals surface area contributed by atoms with Crippen LogP contribution in [-0.2, 0) is 20.7 Å². The van der Waals surface area contributed by atoms with Crippen LogP contribution in [0.15, 0.2) is 65.1 Å². The number of amides is 1. The first-order valence-electron chi connectivity index (χ1n) is 12.2. The molecule has 4 rings (SSSR count). The highest BCUT2D eigenvalue weighted by atomic mass is 16.5. The van der Waals surface area contributed by atoms with Gasteiger partial charge in [0.2, 0.25) is 5.91 Å². The molecule has 40 heavy (non-hydrogen) atoms. The molecule has 4 aromatic rings. The summed E-state index contributed by atoms with van der Waals surface area (Å²) in [4.78, 5) is 25.1. The van der Waals surface area contributed by atoms with Crippen molar-refractivity contribution >= 4 is 28.9 Å². The molecule has 1 aromatic heterocycles. The predicted molar refractivity (Wildman–Crippen MR) is 148 cm³/mol. The van der Waals surface area contributed by atoms with E-state index in [0.717, 1.165) is 5.56 Å². The van der Waals surface area contributed by atoms with Crippen molar-refractivity contribution in [1.82, 2.24) is 5.32 Å². The van der Waals surface area contributed by atoms with Gasteiger partial charge in [0.1, 0.15) is 11.8 Å². The summed E-state index contributed by atoms with van der Waals surface area (Å²) in [7, 11) is 5.87. The van der Waals surface area contributed by atoms with E-state index in [-0.39, 0.29) is 17.9 Å². The van der Waals surface area contributed by atoms with Crippen LogP contribution in [0.1, 0.15) is 11.1 Å². The van der Waals surface area contributed by atoms with Gasteiger partial charge in [0, 0.05) is 23.4 Å². The van der Waals surface area contributed by atoms with E-state index in [9.17, 15) is 19.8 Å². The average Bonchev–Trinajstić information content (AvgIpc) is 3.42. The molecule has 1 amide bonds. The minimum absolute atomic E-state index is 0.0449. The minimum Gasteiger partial charge on any atom is -0.504 e. The lowest BCUT2D eigenvalue weighted by Gasteiger charge is -2.16. The van der Waals surface area contributed by atoms with E-state index >= 15 is 0 Å². The van der Waals surface area contributed by atoms with Crippen molar-refractivity contribution in [2.24, 2.45) is 0 Å². The molecule has 0 saturated heterocycles. The van der Waals surface area contributed by atoms with Crippen LogP contribution in [0.25, 0.3) is 28.4 Å². The number of ether oxygens (including phenoxy) is 4. The Hall–Kier alpha value is -5.12. The van der Waals surface area contributed by atoms with Crippen molar-refractivity contribution in [2.45, 2.75) is 12.5 Å². The van der Waals surface area contributed by atoms with Crippen molar-refractivity contribution in [2.75, 3.05) is 28.4 Å². The van der Waals surface area contributed by atoms with E-state index < -0.39 is 17.9 Å². The summed E-state index contributed by atoms with van der Waals surface area (Å²) in [5.41, 5.74) is 2.45. The Bertz CT molecular complexity index is 1570. The van der Waals surface area contributed by atoms with Crippen LogP contribution in [0.5, 0.6) is 28.7 Å². The number of phenolic OH excluding ortho intramolecular Hbond substituents is 2. The fourth-order valence-corrected chi connectivity index (χ4v) is 4.21. The zero-order chi connectivity index (χ0) is 28.8. The second-order valence-corrected chi connectivity index (χ2v) is 8.73. The number of hydrogen-bond donors (Lipinski definition) is 3. The number of furan rings is 1. The molecule has 10 nitrogen and oxygen atoms in total. The standard InChI is InChI=1S/C30H29NO9/c1-36-24-10-7-19(15-27(24)38-3)26-16-20-18(6-11-25(37-2)29(20)40-26)8-12-28(34)31-21(30(35)39-4)13-17-5-9-22(32)23(33)14-17/h5-12,14-16,21,32-33H,13H2,1-4H3,(H,31,34)/b12-8+/t21-/m1/s1. The van der Waals surface area contributed by atoms with Gasteiger partial charge in [0.25, 0.3) is 0 Å². The largest absolute Gasteiger partial charge is 0.504 e. The number of carbonyl (C=O) groups is 2. The maximum absolute atomic E-state index is 12.8. The second kappa shape index (κ2) is 12.2. The maximum Gasteiger partial charge on any atom is 0.328 e. The molecular formula is C30H29NO9. The third-order valence-corrected chi connectivity index (χ3v) is 6.27. The third-order valence-electron chi connectivity index (χ3n) is 6.27. The van der Waals surface area contributed by atoms with E-state index in [2.05, 4.69) is 5.32 Å². The molecule has 0 aliphatic carbocycles. The molecule has 3 N–H and O–H groups in total. The normalized spacial score (nSPS) is 11.8. The van der Waals surface area contributed by atoms with Crippen molar-refractivity contribution < 1.29 is 43.2 Å². The lowest BCUT2D eigenvalue weighted by Crippen LogP contribution is -2.42. The molecule has 3 aromatic carbocycles. The molecule has 1 heterocycles. The molecule has 0 unspecified atom stereocenters. The van der Waals surface area contributed by atoms with Crippen molar-refractivity contribution in [3.63, 3.8) is 0 Å². The Morgan fingerprint density at radius 2 is 1.60 bits per heavy atom. The summed E-state index contributed by atoms with van der Waals surface area (Å²) in [6.07, 6.45) is 2.95. The number of aromatic hydroxyl groups is 2. The monoisotopic (exact) mass is 547 g/mol. The van der Waals surface area contributed by atoms with Gasteiger partial charge < -0.3 is 38.9 Å². The molecular weight excluding hydrogens is 518 g/mol. The van der Waals surface area contributed by atoms with Gasteiger partial charge in [-0.3, -0.25) is 4.79 Å². The fourth-order valence-electron chi connectivity index (χ4n) is 4.21. The first kappa shape index (κ1) is 27.9. The first-order valence-corrected chi connectivity index (χ1v) is 12.2.